The van der Waals surface area contributed by atoms with Crippen molar-refractivity contribution in [1.82, 2.24) is 14.5 Å². The van der Waals surface area contributed by atoms with Gasteiger partial charge in [-0.25, -0.2) is 9.97 Å². The number of aryl methyl sites for hydroxylation is 1. The Balaban J connectivity index is 2.36. The number of imidazole rings is 1. The van der Waals surface area contributed by atoms with E-state index in [4.69, 9.17) is 23.2 Å². The first-order valence-electron chi connectivity index (χ1n) is 4.82. The van der Waals surface area contributed by atoms with Gasteiger partial charge < -0.3 is 4.57 Å². The molecule has 0 aliphatic heterocycles. The molecule has 2 aromatic rings. The number of nitrogens with one attached hydrogen (secondary N) is 1. The van der Waals surface area contributed by atoms with Gasteiger partial charge in [0, 0.05) is 7.05 Å². The topological polar surface area (TPSA) is 76.9 Å². The predicted molar refractivity (Wildman–Crippen MR) is 76.0 cm³/mol. The van der Waals surface area contributed by atoms with Crippen molar-refractivity contribution in [3.8, 4) is 0 Å². The lowest BCUT2D eigenvalue weighted by Crippen LogP contribution is -2.14. The zero-order chi connectivity index (χ0) is 14.2. The van der Waals surface area contributed by atoms with Gasteiger partial charge in [-0.3, -0.25) is 4.72 Å². The second-order valence-corrected chi connectivity index (χ2v) is 6.72. The summed E-state index contributed by atoms with van der Waals surface area (Å²) in [5, 5.41) is 0.00930. The van der Waals surface area contributed by atoms with Gasteiger partial charge in [-0.05, 0) is 22.0 Å². The van der Waals surface area contributed by atoms with Crippen molar-refractivity contribution in [2.75, 3.05) is 4.72 Å². The fraction of sp³-hybridized carbons (Fsp3) is 0.111. The Bertz CT molecular complexity index is 732. The Morgan fingerprint density at radius 1 is 1.37 bits per heavy atom. The molecule has 0 fully saturated rings. The predicted octanol–water partition coefficient (Wildman–Crippen LogP) is 2.69. The molecule has 1 N–H and O–H groups in total. The van der Waals surface area contributed by atoms with E-state index in [0.29, 0.717) is 4.47 Å². The van der Waals surface area contributed by atoms with Crippen LogP contribution >= 0.6 is 39.1 Å². The molecule has 0 unspecified atom stereocenters. The third kappa shape index (κ3) is 3.02. The molecule has 10 heteroatoms. The van der Waals surface area contributed by atoms with Gasteiger partial charge in [-0.1, -0.05) is 23.2 Å². The quantitative estimate of drug-likeness (QED) is 0.824. The molecule has 0 radical (unpaired) electrons. The molecule has 2 heterocycles. The van der Waals surface area contributed by atoms with Crippen LogP contribution < -0.4 is 4.72 Å². The van der Waals surface area contributed by atoms with Crippen LogP contribution in [-0.4, -0.2) is 23.0 Å². The molecule has 0 bridgehead atoms. The number of rotatable bonds is 3. The summed E-state index contributed by atoms with van der Waals surface area (Å²) in [6.07, 6.45) is 2.61. The zero-order valence-electron chi connectivity index (χ0n) is 9.43. The molecule has 0 atom stereocenters. The van der Waals surface area contributed by atoms with Gasteiger partial charge in [-0.2, -0.15) is 8.42 Å². The second-order valence-electron chi connectivity index (χ2n) is 3.55. The van der Waals surface area contributed by atoms with Crippen LogP contribution in [0.2, 0.25) is 10.3 Å². The van der Waals surface area contributed by atoms with Crippen molar-refractivity contribution in [1.29, 1.82) is 0 Å². The minimum Gasteiger partial charge on any atom is -0.324 e. The maximum atomic E-state index is 12.1. The van der Waals surface area contributed by atoms with Gasteiger partial charge in [0.05, 0.1) is 22.7 Å². The number of hydrogen-bond acceptors (Lipinski definition) is 4. The highest BCUT2D eigenvalue weighted by Gasteiger charge is 2.22. The number of anilines is 1. The van der Waals surface area contributed by atoms with E-state index in [9.17, 15) is 8.42 Å². The number of sulfonamides is 1. The summed E-state index contributed by atoms with van der Waals surface area (Å²) in [6.45, 7) is 0. The molecule has 0 aliphatic rings. The van der Waals surface area contributed by atoms with Crippen molar-refractivity contribution in [3.05, 3.63) is 33.4 Å². The summed E-state index contributed by atoms with van der Waals surface area (Å²) in [6, 6.07) is 1.49. The van der Waals surface area contributed by atoms with Crippen LogP contribution in [0.1, 0.15) is 0 Å². The fourth-order valence-electron chi connectivity index (χ4n) is 1.25. The van der Waals surface area contributed by atoms with Crippen LogP contribution in [-0.2, 0) is 17.1 Å². The van der Waals surface area contributed by atoms with Crippen LogP contribution in [0.5, 0.6) is 0 Å². The van der Waals surface area contributed by atoms with E-state index in [0.717, 1.165) is 0 Å². The van der Waals surface area contributed by atoms with E-state index in [1.807, 2.05) is 0 Å². The van der Waals surface area contributed by atoms with Gasteiger partial charge in [0.2, 0.25) is 5.03 Å². The van der Waals surface area contributed by atoms with E-state index in [1.165, 1.54) is 23.2 Å². The lowest BCUT2D eigenvalue weighted by Gasteiger charge is -2.06. The van der Waals surface area contributed by atoms with E-state index in [2.05, 4.69) is 30.6 Å². The summed E-state index contributed by atoms with van der Waals surface area (Å²) in [5.74, 6) is 0. The normalized spacial score (nSPS) is 11.6. The van der Waals surface area contributed by atoms with Crippen molar-refractivity contribution >= 4 is 54.8 Å². The van der Waals surface area contributed by atoms with E-state index in [1.54, 1.807) is 7.05 Å². The molecule has 0 aromatic carbocycles. The van der Waals surface area contributed by atoms with Crippen molar-refractivity contribution < 1.29 is 8.42 Å². The number of pyridine rings is 1. The molecule has 102 valence electrons. The number of nitrogens with zero attached hydrogens (tertiary/aromatic N) is 3. The van der Waals surface area contributed by atoms with Crippen LogP contribution in [0.3, 0.4) is 0 Å². The minimum absolute atomic E-state index is 0.0217. The molecule has 2 aromatic heterocycles. The highest BCUT2D eigenvalue weighted by atomic mass is 79.9. The lowest BCUT2D eigenvalue weighted by molar-refractivity contribution is 0.598. The number of halogens is 3. The molecule has 19 heavy (non-hydrogen) atoms. The first-order valence-corrected chi connectivity index (χ1v) is 7.85. The van der Waals surface area contributed by atoms with Crippen LogP contribution in [0.4, 0.5) is 5.69 Å². The summed E-state index contributed by atoms with van der Waals surface area (Å²) in [4.78, 5) is 7.56. The smallest absolute Gasteiger partial charge is 0.282 e. The molecule has 6 nitrogen and oxygen atoms in total. The largest absolute Gasteiger partial charge is 0.324 e. The third-order valence-electron chi connectivity index (χ3n) is 2.14. The Morgan fingerprint density at radius 3 is 2.58 bits per heavy atom. The first kappa shape index (κ1) is 14.6. The minimum atomic E-state index is -3.87. The average Bonchev–Trinajstić information content (AvgIpc) is 2.65. The Labute approximate surface area is 127 Å². The molecule has 0 amide bonds. The van der Waals surface area contributed by atoms with Crippen molar-refractivity contribution in [2.45, 2.75) is 5.03 Å². The average molecular weight is 386 g/mol. The number of aromatic nitrogens is 3. The van der Waals surface area contributed by atoms with Crippen molar-refractivity contribution in [3.63, 3.8) is 0 Å². The maximum absolute atomic E-state index is 12.1. The summed E-state index contributed by atoms with van der Waals surface area (Å²) >= 11 is 14.7. The van der Waals surface area contributed by atoms with Crippen LogP contribution in [0, 0.1) is 0 Å². The summed E-state index contributed by atoms with van der Waals surface area (Å²) in [5.41, 5.74) is 0.248. The van der Waals surface area contributed by atoms with E-state index in [-0.39, 0.29) is 21.0 Å². The van der Waals surface area contributed by atoms with Gasteiger partial charge in [0.15, 0.2) is 0 Å². The van der Waals surface area contributed by atoms with E-state index < -0.39 is 10.0 Å². The zero-order valence-corrected chi connectivity index (χ0v) is 13.3. The van der Waals surface area contributed by atoms with Gasteiger partial charge in [0.1, 0.15) is 10.3 Å². The SMILES string of the molecule is Cn1cnc(S(=O)(=O)Nc2cnc(Cl)c(Br)c2)c1Cl. The van der Waals surface area contributed by atoms with Crippen LogP contribution in [0.25, 0.3) is 0 Å². The molecule has 0 saturated carbocycles. The molecule has 0 aliphatic carbocycles. The summed E-state index contributed by atoms with van der Waals surface area (Å²) in [7, 11) is -2.28. The molecule has 2 rings (SSSR count). The molecule has 0 spiro atoms. The standard InChI is InChI=1S/C9H7BrCl2N4O2S/c1-16-4-14-9(8(16)12)19(17,18)15-5-2-6(10)7(11)13-3-5/h2-4,15H,1H3. The Hall–Kier alpha value is -0.830. The van der Waals surface area contributed by atoms with Crippen LogP contribution in [0.15, 0.2) is 28.1 Å². The Kier molecular flexibility index (Phi) is 4.05. The van der Waals surface area contributed by atoms with Gasteiger partial charge >= 0.3 is 0 Å². The van der Waals surface area contributed by atoms with Gasteiger partial charge in [-0.15, -0.1) is 0 Å². The molecular formula is C9H7BrCl2N4O2S. The molecule has 0 saturated heterocycles. The van der Waals surface area contributed by atoms with E-state index >= 15 is 0 Å². The summed E-state index contributed by atoms with van der Waals surface area (Å²) < 4.78 is 28.4. The monoisotopic (exact) mass is 384 g/mol. The number of hydrogen-bond donors (Lipinski definition) is 1. The Morgan fingerprint density at radius 2 is 2.05 bits per heavy atom. The highest BCUT2D eigenvalue weighted by molar-refractivity contribution is 9.10. The highest BCUT2D eigenvalue weighted by Crippen LogP contribution is 2.26. The van der Waals surface area contributed by atoms with Crippen molar-refractivity contribution in [2.24, 2.45) is 7.05 Å². The molecular weight excluding hydrogens is 379 g/mol. The first-order chi connectivity index (χ1) is 8.81. The maximum Gasteiger partial charge on any atom is 0.282 e. The second kappa shape index (κ2) is 5.28. The lowest BCUT2D eigenvalue weighted by atomic mass is 10.4. The third-order valence-corrected chi connectivity index (χ3v) is 5.14. The fourth-order valence-corrected chi connectivity index (χ4v) is 3.17. The van der Waals surface area contributed by atoms with Gasteiger partial charge in [0.25, 0.3) is 10.0 Å².